The molecule has 1 aliphatic rings. The molecule has 4 nitrogen and oxygen atoms in total. The molecule has 0 amide bonds. The third-order valence-corrected chi connectivity index (χ3v) is 5.11. The first-order valence-electron chi connectivity index (χ1n) is 8.86. The molecular formula is C17H37IN4. The van der Waals surface area contributed by atoms with E-state index in [1.165, 1.54) is 45.1 Å². The van der Waals surface area contributed by atoms with Gasteiger partial charge in [0.25, 0.3) is 0 Å². The number of halogens is 1. The summed E-state index contributed by atoms with van der Waals surface area (Å²) in [5.41, 5.74) is 0.542. The van der Waals surface area contributed by atoms with Gasteiger partial charge in [0.15, 0.2) is 5.96 Å². The summed E-state index contributed by atoms with van der Waals surface area (Å²) in [4.78, 5) is 6.81. The normalized spacial score (nSPS) is 16.9. The van der Waals surface area contributed by atoms with Crippen LogP contribution in [-0.2, 0) is 0 Å². The van der Waals surface area contributed by atoms with E-state index in [1.807, 2.05) is 7.05 Å². The van der Waals surface area contributed by atoms with Crippen molar-refractivity contribution in [1.29, 1.82) is 0 Å². The molecule has 1 saturated carbocycles. The third kappa shape index (κ3) is 7.49. The number of unbranched alkanes of at least 4 members (excludes halogenated alkanes) is 1. The maximum Gasteiger partial charge on any atom is 0.190 e. The maximum absolute atomic E-state index is 4.33. The first kappa shape index (κ1) is 22.0. The van der Waals surface area contributed by atoms with Crippen LogP contribution >= 0.6 is 24.0 Å². The molecule has 0 heterocycles. The second-order valence-corrected chi connectivity index (χ2v) is 6.29. The Morgan fingerprint density at radius 2 is 1.77 bits per heavy atom. The lowest BCUT2D eigenvalue weighted by Gasteiger charge is -2.41. The summed E-state index contributed by atoms with van der Waals surface area (Å²) < 4.78 is 0. The van der Waals surface area contributed by atoms with Crippen molar-refractivity contribution in [3.63, 3.8) is 0 Å². The van der Waals surface area contributed by atoms with Gasteiger partial charge in [-0.3, -0.25) is 4.99 Å². The van der Waals surface area contributed by atoms with Crippen molar-refractivity contribution in [1.82, 2.24) is 15.5 Å². The molecule has 0 unspecified atom stereocenters. The Hall–Kier alpha value is -0.0400. The predicted molar refractivity (Wildman–Crippen MR) is 108 cm³/mol. The molecule has 0 atom stereocenters. The van der Waals surface area contributed by atoms with E-state index in [1.54, 1.807) is 0 Å². The van der Waals surface area contributed by atoms with E-state index in [9.17, 15) is 0 Å². The van der Waals surface area contributed by atoms with Gasteiger partial charge in [-0.1, -0.05) is 27.2 Å². The van der Waals surface area contributed by atoms with Crippen molar-refractivity contribution >= 4 is 29.9 Å². The maximum atomic E-state index is 4.33. The Balaban J connectivity index is 0.00000441. The molecule has 5 heteroatoms. The fraction of sp³-hybridized carbons (Fsp3) is 0.941. The Morgan fingerprint density at radius 1 is 1.09 bits per heavy atom. The smallest absolute Gasteiger partial charge is 0.190 e. The van der Waals surface area contributed by atoms with Crippen LogP contribution in [0.1, 0.15) is 59.3 Å². The van der Waals surface area contributed by atoms with Crippen molar-refractivity contribution in [2.45, 2.75) is 59.3 Å². The molecule has 22 heavy (non-hydrogen) atoms. The van der Waals surface area contributed by atoms with Crippen LogP contribution in [0.3, 0.4) is 0 Å². The number of nitrogens with zero attached hydrogens (tertiary/aromatic N) is 2. The second kappa shape index (κ2) is 12.4. The van der Waals surface area contributed by atoms with Crippen molar-refractivity contribution in [3.05, 3.63) is 0 Å². The summed E-state index contributed by atoms with van der Waals surface area (Å²) in [6, 6.07) is 0. The average molecular weight is 424 g/mol. The number of guanidine groups is 1. The first-order valence-corrected chi connectivity index (χ1v) is 8.86. The molecular weight excluding hydrogens is 387 g/mol. The Kier molecular flexibility index (Phi) is 12.4. The molecule has 0 saturated heterocycles. The van der Waals surface area contributed by atoms with Gasteiger partial charge in [0, 0.05) is 20.1 Å². The quantitative estimate of drug-likeness (QED) is 0.244. The Morgan fingerprint density at radius 3 is 2.23 bits per heavy atom. The van der Waals surface area contributed by atoms with Gasteiger partial charge in [-0.2, -0.15) is 0 Å². The monoisotopic (exact) mass is 424 g/mol. The van der Waals surface area contributed by atoms with E-state index in [2.05, 4.69) is 41.3 Å². The van der Waals surface area contributed by atoms with Gasteiger partial charge >= 0.3 is 0 Å². The van der Waals surface area contributed by atoms with Crippen LogP contribution < -0.4 is 10.6 Å². The standard InChI is InChI=1S/C17H36N4.HI/c1-5-17(11-10-12-17)15-20-16(18-4)19-13-8-9-14-21(6-2)7-3;/h5-15H2,1-4H3,(H2,18,19,20);1H. The molecule has 1 aliphatic carbocycles. The zero-order valence-corrected chi connectivity index (χ0v) is 17.4. The van der Waals surface area contributed by atoms with Crippen LogP contribution in [-0.4, -0.2) is 50.6 Å². The molecule has 132 valence electrons. The summed E-state index contributed by atoms with van der Waals surface area (Å²) in [6.07, 6.45) is 7.88. The van der Waals surface area contributed by atoms with Gasteiger partial charge in [-0.25, -0.2) is 0 Å². The number of hydrogen-bond donors (Lipinski definition) is 2. The highest BCUT2D eigenvalue weighted by Crippen LogP contribution is 2.42. The Labute approximate surface area is 154 Å². The van der Waals surface area contributed by atoms with Gasteiger partial charge in [0.1, 0.15) is 0 Å². The molecule has 0 radical (unpaired) electrons. The fourth-order valence-corrected chi connectivity index (χ4v) is 3.03. The van der Waals surface area contributed by atoms with E-state index in [4.69, 9.17) is 0 Å². The van der Waals surface area contributed by atoms with Gasteiger partial charge in [-0.05, 0) is 57.2 Å². The average Bonchev–Trinajstić information content (AvgIpc) is 2.48. The Bertz CT molecular complexity index is 294. The molecule has 0 aromatic carbocycles. The molecule has 0 spiro atoms. The minimum absolute atomic E-state index is 0. The van der Waals surface area contributed by atoms with Gasteiger partial charge in [0.05, 0.1) is 0 Å². The molecule has 0 aliphatic heterocycles. The van der Waals surface area contributed by atoms with Crippen LogP contribution in [0.2, 0.25) is 0 Å². The zero-order chi connectivity index (χ0) is 15.6. The minimum Gasteiger partial charge on any atom is -0.356 e. The molecule has 0 aromatic rings. The zero-order valence-electron chi connectivity index (χ0n) is 15.1. The van der Waals surface area contributed by atoms with E-state index in [0.717, 1.165) is 32.1 Å². The lowest BCUT2D eigenvalue weighted by Crippen LogP contribution is -2.46. The third-order valence-electron chi connectivity index (χ3n) is 5.11. The SMILES string of the molecule is CCN(CC)CCCCNC(=NC)NCC1(CC)CCC1.I. The predicted octanol–water partition coefficient (Wildman–Crippen LogP) is 3.47. The van der Waals surface area contributed by atoms with Gasteiger partial charge in [0.2, 0.25) is 0 Å². The van der Waals surface area contributed by atoms with Crippen LogP contribution in [0.4, 0.5) is 0 Å². The van der Waals surface area contributed by atoms with E-state index in [-0.39, 0.29) is 24.0 Å². The highest BCUT2D eigenvalue weighted by molar-refractivity contribution is 14.0. The number of nitrogens with one attached hydrogen (secondary N) is 2. The van der Waals surface area contributed by atoms with Gasteiger partial charge < -0.3 is 15.5 Å². The highest BCUT2D eigenvalue weighted by atomic mass is 127. The van der Waals surface area contributed by atoms with Crippen molar-refractivity contribution in [2.75, 3.05) is 39.8 Å². The van der Waals surface area contributed by atoms with E-state index < -0.39 is 0 Å². The number of aliphatic imine (C=N–C) groups is 1. The number of rotatable bonds is 10. The van der Waals surface area contributed by atoms with E-state index >= 15 is 0 Å². The molecule has 1 rings (SSSR count). The first-order chi connectivity index (χ1) is 10.2. The largest absolute Gasteiger partial charge is 0.356 e. The fourth-order valence-electron chi connectivity index (χ4n) is 3.03. The summed E-state index contributed by atoms with van der Waals surface area (Å²) in [5, 5.41) is 6.96. The summed E-state index contributed by atoms with van der Waals surface area (Å²) in [7, 11) is 1.87. The van der Waals surface area contributed by atoms with Crippen LogP contribution in [0.15, 0.2) is 4.99 Å². The molecule has 0 bridgehead atoms. The summed E-state index contributed by atoms with van der Waals surface area (Å²) >= 11 is 0. The molecule has 0 aromatic heterocycles. The van der Waals surface area contributed by atoms with Crippen molar-refractivity contribution in [2.24, 2.45) is 10.4 Å². The summed E-state index contributed by atoms with van der Waals surface area (Å²) in [5.74, 6) is 0.970. The van der Waals surface area contributed by atoms with Gasteiger partial charge in [-0.15, -0.1) is 24.0 Å². The topological polar surface area (TPSA) is 39.7 Å². The number of hydrogen-bond acceptors (Lipinski definition) is 2. The molecule has 1 fully saturated rings. The summed E-state index contributed by atoms with van der Waals surface area (Å²) in [6.45, 7) is 12.4. The lowest BCUT2D eigenvalue weighted by atomic mass is 9.67. The van der Waals surface area contributed by atoms with Crippen molar-refractivity contribution in [3.8, 4) is 0 Å². The highest BCUT2D eigenvalue weighted by Gasteiger charge is 2.34. The van der Waals surface area contributed by atoms with Crippen LogP contribution in [0.5, 0.6) is 0 Å². The van der Waals surface area contributed by atoms with Crippen LogP contribution in [0, 0.1) is 5.41 Å². The van der Waals surface area contributed by atoms with E-state index in [0.29, 0.717) is 5.41 Å². The lowest BCUT2D eigenvalue weighted by molar-refractivity contribution is 0.131. The second-order valence-electron chi connectivity index (χ2n) is 6.29. The van der Waals surface area contributed by atoms with Crippen molar-refractivity contribution < 1.29 is 0 Å². The minimum atomic E-state index is 0. The van der Waals surface area contributed by atoms with Crippen LogP contribution in [0.25, 0.3) is 0 Å². The molecule has 2 N–H and O–H groups in total.